The third-order valence-electron chi connectivity index (χ3n) is 4.03. The Morgan fingerprint density at radius 1 is 1.08 bits per heavy atom. The van der Waals surface area contributed by atoms with Crippen LogP contribution in [0.4, 0.5) is 0 Å². The normalized spacial score (nSPS) is 11.4. The van der Waals surface area contributed by atoms with Crippen LogP contribution in [0, 0.1) is 0 Å². The van der Waals surface area contributed by atoms with Gasteiger partial charge in [0.15, 0.2) is 23.9 Å². The molecule has 0 unspecified atom stereocenters. The number of aromatic nitrogens is 7. The van der Waals surface area contributed by atoms with Gasteiger partial charge >= 0.3 is 0 Å². The first-order valence-electron chi connectivity index (χ1n) is 8.41. The fourth-order valence-corrected chi connectivity index (χ4v) is 2.71. The summed E-state index contributed by atoms with van der Waals surface area (Å²) in [6.45, 7) is 4.43. The highest BCUT2D eigenvalue weighted by Gasteiger charge is 2.17. The highest BCUT2D eigenvalue weighted by molar-refractivity contribution is 5.59. The molecule has 0 aliphatic carbocycles. The molecule has 3 heterocycles. The number of hydrogen-bond acceptors (Lipinski definition) is 6. The van der Waals surface area contributed by atoms with Gasteiger partial charge in [0.1, 0.15) is 6.33 Å². The summed E-state index contributed by atoms with van der Waals surface area (Å²) >= 11 is 0. The van der Waals surface area contributed by atoms with E-state index in [4.69, 9.17) is 4.74 Å². The number of nitrogens with zero attached hydrogens (tertiary/aromatic N) is 7. The minimum absolute atomic E-state index is 0.232. The summed E-state index contributed by atoms with van der Waals surface area (Å²) in [5.74, 6) is 2.06. The maximum Gasteiger partial charge on any atom is 0.235 e. The topological polar surface area (TPSA) is 83.0 Å². The van der Waals surface area contributed by atoms with Crippen molar-refractivity contribution in [1.29, 1.82) is 0 Å². The van der Waals surface area contributed by atoms with Gasteiger partial charge in [0, 0.05) is 18.2 Å². The molecule has 8 nitrogen and oxygen atoms in total. The first kappa shape index (κ1) is 16.2. The smallest absolute Gasteiger partial charge is 0.235 e. The highest BCUT2D eigenvalue weighted by Crippen LogP contribution is 2.27. The Kier molecular flexibility index (Phi) is 4.08. The summed E-state index contributed by atoms with van der Waals surface area (Å²) in [5.41, 5.74) is 2.61. The van der Waals surface area contributed by atoms with Crippen LogP contribution in [-0.4, -0.2) is 34.6 Å². The predicted molar refractivity (Wildman–Crippen MR) is 95.6 cm³/mol. The minimum atomic E-state index is 0.232. The van der Waals surface area contributed by atoms with Gasteiger partial charge in [-0.15, -0.1) is 15.3 Å². The van der Waals surface area contributed by atoms with Gasteiger partial charge in [0.2, 0.25) is 5.88 Å². The van der Waals surface area contributed by atoms with Crippen molar-refractivity contribution in [3.05, 3.63) is 54.1 Å². The van der Waals surface area contributed by atoms with Crippen molar-refractivity contribution in [3.63, 3.8) is 0 Å². The molecule has 4 rings (SSSR count). The average Bonchev–Trinajstić information content (AvgIpc) is 3.25. The summed E-state index contributed by atoms with van der Waals surface area (Å²) in [4.78, 5) is 4.19. The van der Waals surface area contributed by atoms with Gasteiger partial charge in [0.05, 0.1) is 0 Å². The van der Waals surface area contributed by atoms with Crippen LogP contribution < -0.4 is 4.74 Å². The Hall–Kier alpha value is -3.29. The second kappa shape index (κ2) is 6.55. The molecule has 0 fully saturated rings. The van der Waals surface area contributed by atoms with E-state index in [1.165, 1.54) is 0 Å². The zero-order valence-corrected chi connectivity index (χ0v) is 14.9. The lowest BCUT2D eigenvalue weighted by Gasteiger charge is -2.12. The van der Waals surface area contributed by atoms with Crippen LogP contribution in [0.15, 0.2) is 42.7 Å². The Balaban J connectivity index is 1.75. The Bertz CT molecular complexity index is 1040. The molecule has 0 radical (unpaired) electrons. The zero-order chi connectivity index (χ0) is 18.1. The number of ether oxygens (including phenoxy) is 1. The maximum absolute atomic E-state index is 5.94. The minimum Gasteiger partial charge on any atom is -0.468 e. The molecule has 0 amide bonds. The highest BCUT2D eigenvalue weighted by atomic mass is 16.5. The molecular weight excluding hydrogens is 330 g/mol. The van der Waals surface area contributed by atoms with E-state index < -0.39 is 0 Å². The monoisotopic (exact) mass is 349 g/mol. The van der Waals surface area contributed by atoms with Crippen molar-refractivity contribution in [2.24, 2.45) is 7.05 Å². The fourth-order valence-electron chi connectivity index (χ4n) is 2.71. The van der Waals surface area contributed by atoms with Gasteiger partial charge in [-0.3, -0.25) is 4.68 Å². The van der Waals surface area contributed by atoms with Gasteiger partial charge < -0.3 is 4.74 Å². The molecule has 4 aromatic rings. The number of benzene rings is 1. The molecule has 0 atom stereocenters. The van der Waals surface area contributed by atoms with Crippen molar-refractivity contribution in [1.82, 2.24) is 34.6 Å². The molecule has 8 heteroatoms. The summed E-state index contributed by atoms with van der Waals surface area (Å²) in [6.07, 6.45) is 1.64. The number of fused-ring (bicyclic) bond motifs is 1. The van der Waals surface area contributed by atoms with Crippen molar-refractivity contribution >= 4 is 5.65 Å². The lowest BCUT2D eigenvalue weighted by atomic mass is 10.1. The molecule has 0 N–H and O–H groups in total. The molecule has 0 saturated heterocycles. The van der Waals surface area contributed by atoms with Crippen molar-refractivity contribution in [2.45, 2.75) is 26.4 Å². The van der Waals surface area contributed by atoms with Gasteiger partial charge in [-0.2, -0.15) is 9.61 Å². The quantitative estimate of drug-likeness (QED) is 0.551. The van der Waals surface area contributed by atoms with Crippen molar-refractivity contribution in [2.75, 3.05) is 0 Å². The number of rotatable bonds is 5. The lowest BCUT2D eigenvalue weighted by molar-refractivity contribution is 0.275. The van der Waals surface area contributed by atoms with Gasteiger partial charge in [-0.1, -0.05) is 44.2 Å². The van der Waals surface area contributed by atoms with E-state index in [-0.39, 0.29) is 12.5 Å². The van der Waals surface area contributed by atoms with E-state index in [1.54, 1.807) is 15.5 Å². The zero-order valence-electron chi connectivity index (χ0n) is 14.9. The molecule has 0 spiro atoms. The van der Waals surface area contributed by atoms with Gasteiger partial charge in [-0.25, -0.2) is 4.98 Å². The third kappa shape index (κ3) is 3.01. The molecule has 26 heavy (non-hydrogen) atoms. The van der Waals surface area contributed by atoms with Crippen LogP contribution in [0.5, 0.6) is 5.88 Å². The second-order valence-electron chi connectivity index (χ2n) is 6.34. The Morgan fingerprint density at radius 2 is 1.88 bits per heavy atom. The molecule has 1 aromatic carbocycles. The molecule has 0 aliphatic heterocycles. The number of aryl methyl sites for hydroxylation is 1. The average molecular weight is 349 g/mol. The van der Waals surface area contributed by atoms with E-state index in [9.17, 15) is 0 Å². The van der Waals surface area contributed by atoms with Gasteiger partial charge in [-0.05, 0) is 12.0 Å². The first-order valence-corrected chi connectivity index (χ1v) is 8.41. The van der Waals surface area contributed by atoms with Gasteiger partial charge in [0.25, 0.3) is 0 Å². The summed E-state index contributed by atoms with van der Waals surface area (Å²) in [7, 11) is 1.82. The van der Waals surface area contributed by atoms with Crippen LogP contribution in [-0.2, 0) is 13.7 Å². The molecular formula is C18H19N7O. The van der Waals surface area contributed by atoms with Crippen LogP contribution in [0.25, 0.3) is 17.0 Å². The van der Waals surface area contributed by atoms with E-state index in [2.05, 4.69) is 39.2 Å². The molecule has 0 saturated carbocycles. The Labute approximate surface area is 150 Å². The third-order valence-corrected chi connectivity index (χ3v) is 4.03. The van der Waals surface area contributed by atoms with E-state index >= 15 is 0 Å². The second-order valence-corrected chi connectivity index (χ2v) is 6.34. The summed E-state index contributed by atoms with van der Waals surface area (Å²) in [6, 6.07) is 11.8. The van der Waals surface area contributed by atoms with Crippen LogP contribution in [0.2, 0.25) is 0 Å². The fraction of sp³-hybridized carbons (Fsp3) is 0.278. The largest absolute Gasteiger partial charge is 0.468 e. The van der Waals surface area contributed by atoms with Crippen LogP contribution in [0.3, 0.4) is 0 Å². The molecule has 0 bridgehead atoms. The molecule has 0 aliphatic rings. The van der Waals surface area contributed by atoms with E-state index in [0.717, 1.165) is 11.1 Å². The van der Waals surface area contributed by atoms with E-state index in [1.807, 2.05) is 43.4 Å². The number of hydrogen-bond donors (Lipinski definition) is 0. The summed E-state index contributed by atoms with van der Waals surface area (Å²) in [5, 5.41) is 17.5. The predicted octanol–water partition coefficient (Wildman–Crippen LogP) is 2.62. The molecule has 3 aromatic heterocycles. The maximum atomic E-state index is 5.94. The SMILES string of the molecule is CC(C)c1cc2nnc(-c3ccccc3)n2nc1OCc1ncn(C)n1. The standard InChI is InChI=1S/C18H19N7O/c1-12(2)14-9-16-20-21-17(13-7-5-4-6-8-13)25(16)23-18(14)26-10-15-19-11-24(3)22-15/h4-9,11-12H,10H2,1-3H3. The Morgan fingerprint density at radius 3 is 2.58 bits per heavy atom. The first-order chi connectivity index (χ1) is 12.6. The van der Waals surface area contributed by atoms with Crippen LogP contribution >= 0.6 is 0 Å². The van der Waals surface area contributed by atoms with Crippen LogP contribution in [0.1, 0.15) is 31.2 Å². The van der Waals surface area contributed by atoms with Crippen molar-refractivity contribution < 1.29 is 4.74 Å². The lowest BCUT2D eigenvalue weighted by Crippen LogP contribution is -2.07. The van der Waals surface area contributed by atoms with E-state index in [0.29, 0.717) is 23.2 Å². The van der Waals surface area contributed by atoms with Crippen molar-refractivity contribution in [3.8, 4) is 17.3 Å². The molecule has 132 valence electrons. The summed E-state index contributed by atoms with van der Waals surface area (Å²) < 4.78 is 9.30.